The summed E-state index contributed by atoms with van der Waals surface area (Å²) in [6.07, 6.45) is 2.26. The van der Waals surface area contributed by atoms with Crippen LogP contribution in [-0.4, -0.2) is 36.2 Å². The Bertz CT molecular complexity index is 149. The number of rotatable bonds is 4. The molecule has 0 aromatic heterocycles. The van der Waals surface area contributed by atoms with E-state index in [1.807, 2.05) is 13.8 Å². The molecule has 1 rings (SSSR count). The van der Waals surface area contributed by atoms with Gasteiger partial charge in [0.05, 0.1) is 10.6 Å². The van der Waals surface area contributed by atoms with Crippen molar-refractivity contribution in [3.05, 3.63) is 9.81 Å². The summed E-state index contributed by atoms with van der Waals surface area (Å²) in [5.41, 5.74) is 0. The SMILES string of the molecule is CCN(CC)N=O.O=NN1CCCC1. The Morgan fingerprint density at radius 3 is 1.79 bits per heavy atom. The highest BCUT2D eigenvalue weighted by atomic mass is 16.3. The fourth-order valence-corrected chi connectivity index (χ4v) is 1.12. The molecular weight excluding hydrogens is 184 g/mol. The molecule has 0 amide bonds. The third-order valence-corrected chi connectivity index (χ3v) is 2.04. The molecule has 1 aliphatic heterocycles. The Kier molecular flexibility index (Phi) is 7.68. The molecule has 1 heterocycles. The minimum atomic E-state index is 0.708. The smallest absolute Gasteiger partial charge is 0.0523 e. The summed E-state index contributed by atoms with van der Waals surface area (Å²) in [7, 11) is 0. The highest BCUT2D eigenvalue weighted by Crippen LogP contribution is 2.05. The van der Waals surface area contributed by atoms with E-state index in [9.17, 15) is 9.81 Å². The van der Waals surface area contributed by atoms with Gasteiger partial charge in [-0.15, -0.1) is 9.81 Å². The van der Waals surface area contributed by atoms with Gasteiger partial charge in [0.25, 0.3) is 0 Å². The molecule has 0 N–H and O–H groups in total. The van der Waals surface area contributed by atoms with Crippen molar-refractivity contribution in [1.82, 2.24) is 10.0 Å². The van der Waals surface area contributed by atoms with Gasteiger partial charge in [0, 0.05) is 26.2 Å². The van der Waals surface area contributed by atoms with E-state index < -0.39 is 0 Å². The van der Waals surface area contributed by atoms with Gasteiger partial charge in [0.15, 0.2) is 0 Å². The van der Waals surface area contributed by atoms with Gasteiger partial charge in [-0.05, 0) is 26.7 Å². The van der Waals surface area contributed by atoms with Crippen LogP contribution in [0.15, 0.2) is 10.6 Å². The second kappa shape index (κ2) is 8.40. The van der Waals surface area contributed by atoms with Crippen LogP contribution in [0.5, 0.6) is 0 Å². The van der Waals surface area contributed by atoms with E-state index in [0.29, 0.717) is 13.1 Å². The van der Waals surface area contributed by atoms with Crippen molar-refractivity contribution in [2.45, 2.75) is 26.7 Å². The molecule has 82 valence electrons. The molecule has 0 spiro atoms. The highest BCUT2D eigenvalue weighted by molar-refractivity contribution is 4.59. The average Bonchev–Trinajstić information content (AvgIpc) is 2.74. The summed E-state index contributed by atoms with van der Waals surface area (Å²) in [6, 6.07) is 0. The highest BCUT2D eigenvalue weighted by Gasteiger charge is 2.08. The number of hydrogen-bond acceptors (Lipinski definition) is 4. The van der Waals surface area contributed by atoms with E-state index in [1.54, 1.807) is 5.01 Å². The average molecular weight is 202 g/mol. The number of nitrogens with zero attached hydrogens (tertiary/aromatic N) is 4. The Hall–Kier alpha value is -1.20. The van der Waals surface area contributed by atoms with Crippen LogP contribution in [-0.2, 0) is 0 Å². The molecular formula is C8H18N4O2. The van der Waals surface area contributed by atoms with E-state index in [-0.39, 0.29) is 0 Å². The number of nitroso groups, excluding NO2 is 2. The molecule has 0 bridgehead atoms. The van der Waals surface area contributed by atoms with Crippen LogP contribution in [0.3, 0.4) is 0 Å². The van der Waals surface area contributed by atoms with Gasteiger partial charge < -0.3 is 0 Å². The van der Waals surface area contributed by atoms with Gasteiger partial charge in [-0.3, -0.25) is 10.0 Å². The third-order valence-electron chi connectivity index (χ3n) is 2.04. The van der Waals surface area contributed by atoms with Crippen molar-refractivity contribution in [2.24, 2.45) is 10.6 Å². The molecule has 6 nitrogen and oxygen atoms in total. The van der Waals surface area contributed by atoms with E-state index >= 15 is 0 Å². The summed E-state index contributed by atoms with van der Waals surface area (Å²) >= 11 is 0. The summed E-state index contributed by atoms with van der Waals surface area (Å²) in [5, 5.41) is 8.48. The van der Waals surface area contributed by atoms with Gasteiger partial charge in [-0.1, -0.05) is 0 Å². The summed E-state index contributed by atoms with van der Waals surface area (Å²) in [5.74, 6) is 0. The third kappa shape index (κ3) is 5.45. The molecule has 1 aliphatic rings. The molecule has 1 fully saturated rings. The van der Waals surface area contributed by atoms with Crippen LogP contribution in [0, 0.1) is 9.81 Å². The zero-order valence-corrected chi connectivity index (χ0v) is 8.85. The predicted octanol–water partition coefficient (Wildman–Crippen LogP) is 1.77. The van der Waals surface area contributed by atoms with Crippen molar-refractivity contribution in [1.29, 1.82) is 0 Å². The van der Waals surface area contributed by atoms with Crippen molar-refractivity contribution < 1.29 is 0 Å². The minimum Gasteiger partial charge on any atom is -0.261 e. The van der Waals surface area contributed by atoms with E-state index in [1.165, 1.54) is 5.01 Å². The molecule has 0 saturated carbocycles. The first-order chi connectivity index (χ1) is 6.78. The molecule has 0 radical (unpaired) electrons. The first kappa shape index (κ1) is 12.8. The van der Waals surface area contributed by atoms with Gasteiger partial charge in [0.2, 0.25) is 0 Å². The molecule has 0 atom stereocenters. The monoisotopic (exact) mass is 202 g/mol. The van der Waals surface area contributed by atoms with Gasteiger partial charge >= 0.3 is 0 Å². The van der Waals surface area contributed by atoms with E-state index in [4.69, 9.17) is 0 Å². The summed E-state index contributed by atoms with van der Waals surface area (Å²) in [4.78, 5) is 19.3. The van der Waals surface area contributed by atoms with E-state index in [0.717, 1.165) is 25.9 Å². The quantitative estimate of drug-likeness (QED) is 0.514. The maximum absolute atomic E-state index is 9.68. The molecule has 14 heavy (non-hydrogen) atoms. The number of hydrogen-bond donors (Lipinski definition) is 0. The first-order valence-corrected chi connectivity index (χ1v) is 4.94. The second-order valence-corrected chi connectivity index (χ2v) is 2.96. The molecule has 0 aliphatic carbocycles. The van der Waals surface area contributed by atoms with Crippen LogP contribution < -0.4 is 0 Å². The van der Waals surface area contributed by atoms with Crippen molar-refractivity contribution >= 4 is 0 Å². The molecule has 1 saturated heterocycles. The summed E-state index contributed by atoms with van der Waals surface area (Å²) in [6.45, 7) is 6.93. The second-order valence-electron chi connectivity index (χ2n) is 2.96. The van der Waals surface area contributed by atoms with Crippen molar-refractivity contribution in [2.75, 3.05) is 26.2 Å². The van der Waals surface area contributed by atoms with Crippen molar-refractivity contribution in [3.8, 4) is 0 Å². The van der Waals surface area contributed by atoms with Crippen LogP contribution >= 0.6 is 0 Å². The Morgan fingerprint density at radius 1 is 1.14 bits per heavy atom. The van der Waals surface area contributed by atoms with Gasteiger partial charge in [-0.25, -0.2) is 0 Å². The fraction of sp³-hybridized carbons (Fsp3) is 1.00. The standard InChI is InChI=1S/C4H8N2O.C4H10N2O/c7-5-6-3-1-2-4-6;1-3-6(4-2)5-7/h1-4H2;3-4H2,1-2H3. The topological polar surface area (TPSA) is 65.3 Å². The lowest BCUT2D eigenvalue weighted by atomic mass is 10.4. The predicted molar refractivity (Wildman–Crippen MR) is 55.3 cm³/mol. The largest absolute Gasteiger partial charge is 0.261 e. The molecule has 0 unspecified atom stereocenters. The van der Waals surface area contributed by atoms with Crippen LogP contribution in [0.2, 0.25) is 0 Å². The zero-order chi connectivity index (χ0) is 10.8. The van der Waals surface area contributed by atoms with Crippen molar-refractivity contribution in [3.63, 3.8) is 0 Å². The minimum absolute atomic E-state index is 0.708. The Balaban J connectivity index is 0.000000241. The molecule has 0 aromatic rings. The lowest BCUT2D eigenvalue weighted by Gasteiger charge is -2.06. The Morgan fingerprint density at radius 2 is 1.64 bits per heavy atom. The first-order valence-electron chi connectivity index (χ1n) is 4.94. The van der Waals surface area contributed by atoms with Crippen LogP contribution in [0.4, 0.5) is 0 Å². The maximum atomic E-state index is 9.68. The van der Waals surface area contributed by atoms with Gasteiger partial charge in [-0.2, -0.15) is 0 Å². The van der Waals surface area contributed by atoms with Gasteiger partial charge in [0.1, 0.15) is 0 Å². The Labute approximate surface area is 84.1 Å². The summed E-state index contributed by atoms with van der Waals surface area (Å²) < 4.78 is 0. The zero-order valence-electron chi connectivity index (χ0n) is 8.85. The normalized spacial score (nSPS) is 14.3. The fourth-order valence-electron chi connectivity index (χ4n) is 1.12. The van der Waals surface area contributed by atoms with Crippen LogP contribution in [0.1, 0.15) is 26.7 Å². The maximum Gasteiger partial charge on any atom is 0.0523 e. The van der Waals surface area contributed by atoms with E-state index in [2.05, 4.69) is 10.6 Å². The molecule has 0 aromatic carbocycles. The van der Waals surface area contributed by atoms with Crippen LogP contribution in [0.25, 0.3) is 0 Å². The lowest BCUT2D eigenvalue weighted by molar-refractivity contribution is 0.317. The lowest BCUT2D eigenvalue weighted by Crippen LogP contribution is -2.14. The molecule has 6 heteroatoms.